The molecule has 0 aliphatic heterocycles. The number of hydrogen-bond acceptors (Lipinski definition) is 1. The van der Waals surface area contributed by atoms with E-state index in [0.717, 1.165) is 12.8 Å². The second kappa shape index (κ2) is 2.99. The van der Waals surface area contributed by atoms with E-state index >= 15 is 0 Å². The van der Waals surface area contributed by atoms with E-state index in [1.807, 2.05) is 6.08 Å². The van der Waals surface area contributed by atoms with Crippen LogP contribution in [0.25, 0.3) is 16.8 Å². The van der Waals surface area contributed by atoms with Gasteiger partial charge in [-0.15, -0.1) is 0 Å². The van der Waals surface area contributed by atoms with Gasteiger partial charge in [0, 0.05) is 5.92 Å². The van der Waals surface area contributed by atoms with Gasteiger partial charge in [0.05, 0.1) is 5.60 Å². The van der Waals surface area contributed by atoms with E-state index in [2.05, 4.69) is 42.5 Å². The fourth-order valence-electron chi connectivity index (χ4n) is 3.16. The maximum absolute atomic E-state index is 10.4. The Kier molecular flexibility index (Phi) is 1.66. The molecular formula is C16H14O. The molecule has 2 unspecified atom stereocenters. The predicted octanol–water partition coefficient (Wildman–Crippen LogP) is 3.48. The second-order valence-electron chi connectivity index (χ2n) is 5.24. The van der Waals surface area contributed by atoms with E-state index in [0.29, 0.717) is 5.92 Å². The van der Waals surface area contributed by atoms with Gasteiger partial charge in [0.1, 0.15) is 0 Å². The third-order valence-corrected chi connectivity index (χ3v) is 4.32. The molecule has 84 valence electrons. The molecule has 0 heterocycles. The van der Waals surface area contributed by atoms with E-state index in [-0.39, 0.29) is 0 Å². The Hall–Kier alpha value is -1.60. The topological polar surface area (TPSA) is 20.2 Å². The summed E-state index contributed by atoms with van der Waals surface area (Å²) in [5, 5.41) is 12.9. The molecule has 0 bridgehead atoms. The monoisotopic (exact) mass is 222 g/mol. The van der Waals surface area contributed by atoms with Crippen LogP contribution in [-0.2, 0) is 0 Å². The SMILES string of the molecule is OC12C=Cc3cc4ccccc4cc3C1CC2. The van der Waals surface area contributed by atoms with Gasteiger partial charge < -0.3 is 5.11 Å². The Balaban J connectivity index is 2.00. The molecule has 0 amide bonds. The summed E-state index contributed by atoms with van der Waals surface area (Å²) in [6.07, 6.45) is 6.07. The summed E-state index contributed by atoms with van der Waals surface area (Å²) >= 11 is 0. The highest BCUT2D eigenvalue weighted by molar-refractivity contribution is 5.87. The largest absolute Gasteiger partial charge is 0.385 e. The summed E-state index contributed by atoms with van der Waals surface area (Å²) in [5.41, 5.74) is 2.04. The van der Waals surface area contributed by atoms with Crippen molar-refractivity contribution in [3.63, 3.8) is 0 Å². The van der Waals surface area contributed by atoms with Crippen LogP contribution >= 0.6 is 0 Å². The van der Waals surface area contributed by atoms with E-state index < -0.39 is 5.60 Å². The van der Waals surface area contributed by atoms with Gasteiger partial charge >= 0.3 is 0 Å². The van der Waals surface area contributed by atoms with E-state index in [9.17, 15) is 5.11 Å². The van der Waals surface area contributed by atoms with Crippen molar-refractivity contribution in [3.8, 4) is 0 Å². The smallest absolute Gasteiger partial charge is 0.0899 e. The standard InChI is InChI=1S/C16H14O/c17-16-7-5-13-9-11-3-1-2-4-12(11)10-14(13)15(16)6-8-16/h1-5,7,9-10,15,17H,6,8H2. The molecule has 1 heteroatoms. The first-order chi connectivity index (χ1) is 8.26. The lowest BCUT2D eigenvalue weighted by molar-refractivity contribution is -0.0134. The highest BCUT2D eigenvalue weighted by Gasteiger charge is 2.46. The van der Waals surface area contributed by atoms with Crippen molar-refractivity contribution < 1.29 is 5.11 Å². The minimum Gasteiger partial charge on any atom is -0.385 e. The van der Waals surface area contributed by atoms with Gasteiger partial charge in [-0.3, -0.25) is 0 Å². The van der Waals surface area contributed by atoms with Crippen molar-refractivity contribution in [3.05, 3.63) is 53.6 Å². The van der Waals surface area contributed by atoms with Crippen molar-refractivity contribution in [1.29, 1.82) is 0 Å². The molecule has 2 aliphatic carbocycles. The molecule has 1 nitrogen and oxygen atoms in total. The van der Waals surface area contributed by atoms with Gasteiger partial charge in [-0.2, -0.15) is 0 Å². The van der Waals surface area contributed by atoms with Crippen LogP contribution in [0.2, 0.25) is 0 Å². The van der Waals surface area contributed by atoms with Gasteiger partial charge in [-0.05, 0) is 40.8 Å². The van der Waals surface area contributed by atoms with Crippen molar-refractivity contribution in [2.75, 3.05) is 0 Å². The van der Waals surface area contributed by atoms with E-state index in [4.69, 9.17) is 0 Å². The summed E-state index contributed by atoms with van der Waals surface area (Å²) in [5.74, 6) is 0.312. The molecule has 0 aromatic heterocycles. The molecule has 0 saturated heterocycles. The molecule has 1 fully saturated rings. The fraction of sp³-hybridized carbons (Fsp3) is 0.250. The molecule has 1 N–H and O–H groups in total. The first-order valence-corrected chi connectivity index (χ1v) is 6.21. The second-order valence-corrected chi connectivity index (χ2v) is 5.24. The number of benzene rings is 2. The highest BCUT2D eigenvalue weighted by Crippen LogP contribution is 2.51. The molecule has 0 spiro atoms. The fourth-order valence-corrected chi connectivity index (χ4v) is 3.16. The van der Waals surface area contributed by atoms with Crippen LogP contribution in [0.1, 0.15) is 29.9 Å². The van der Waals surface area contributed by atoms with Gasteiger partial charge in [-0.25, -0.2) is 0 Å². The van der Waals surface area contributed by atoms with Crippen molar-refractivity contribution >= 4 is 16.8 Å². The third-order valence-electron chi connectivity index (χ3n) is 4.32. The number of aliphatic hydroxyl groups is 1. The maximum Gasteiger partial charge on any atom is 0.0899 e. The Morgan fingerprint density at radius 1 is 1.12 bits per heavy atom. The molecule has 2 aromatic rings. The lowest BCUT2D eigenvalue weighted by atomic mass is 9.62. The van der Waals surface area contributed by atoms with Crippen LogP contribution in [0.15, 0.2) is 42.5 Å². The van der Waals surface area contributed by atoms with Crippen LogP contribution in [0, 0.1) is 0 Å². The summed E-state index contributed by atoms with van der Waals surface area (Å²) in [4.78, 5) is 0. The lowest BCUT2D eigenvalue weighted by Gasteiger charge is -2.46. The highest BCUT2D eigenvalue weighted by atomic mass is 16.3. The number of rotatable bonds is 0. The zero-order valence-corrected chi connectivity index (χ0v) is 9.56. The van der Waals surface area contributed by atoms with Crippen molar-refractivity contribution in [1.82, 2.24) is 0 Å². The van der Waals surface area contributed by atoms with Gasteiger partial charge in [0.25, 0.3) is 0 Å². The number of hydrogen-bond donors (Lipinski definition) is 1. The third kappa shape index (κ3) is 1.18. The Morgan fingerprint density at radius 2 is 1.88 bits per heavy atom. The molecule has 2 atom stereocenters. The Morgan fingerprint density at radius 3 is 2.59 bits per heavy atom. The molecule has 0 radical (unpaired) electrons. The average molecular weight is 222 g/mol. The zero-order chi connectivity index (χ0) is 11.5. The molecule has 17 heavy (non-hydrogen) atoms. The molecule has 1 saturated carbocycles. The van der Waals surface area contributed by atoms with Crippen LogP contribution < -0.4 is 0 Å². The van der Waals surface area contributed by atoms with Gasteiger partial charge in [-0.1, -0.05) is 42.5 Å². The van der Waals surface area contributed by atoms with E-state index in [1.165, 1.54) is 21.9 Å². The summed E-state index contributed by atoms with van der Waals surface area (Å²) in [7, 11) is 0. The number of fused-ring (bicyclic) bond motifs is 4. The maximum atomic E-state index is 10.4. The van der Waals surface area contributed by atoms with Crippen LogP contribution in [0.4, 0.5) is 0 Å². The molecule has 2 aromatic carbocycles. The summed E-state index contributed by atoms with van der Waals surface area (Å²) < 4.78 is 0. The van der Waals surface area contributed by atoms with Crippen LogP contribution in [0.5, 0.6) is 0 Å². The lowest BCUT2D eigenvalue weighted by Crippen LogP contribution is -2.44. The molecule has 2 aliphatic rings. The van der Waals surface area contributed by atoms with Crippen molar-refractivity contribution in [2.45, 2.75) is 24.4 Å². The summed E-state index contributed by atoms with van der Waals surface area (Å²) in [6, 6.07) is 12.9. The first kappa shape index (κ1) is 9.43. The predicted molar refractivity (Wildman–Crippen MR) is 69.9 cm³/mol. The minimum absolute atomic E-state index is 0.312. The zero-order valence-electron chi connectivity index (χ0n) is 9.56. The van der Waals surface area contributed by atoms with Crippen molar-refractivity contribution in [2.24, 2.45) is 0 Å². The molecule has 4 rings (SSSR count). The van der Waals surface area contributed by atoms with Crippen LogP contribution in [0.3, 0.4) is 0 Å². The Labute approximate surface area is 100 Å². The first-order valence-electron chi connectivity index (χ1n) is 6.21. The quantitative estimate of drug-likeness (QED) is 0.723. The van der Waals surface area contributed by atoms with Crippen LogP contribution in [-0.4, -0.2) is 10.7 Å². The average Bonchev–Trinajstić information content (AvgIpc) is 2.33. The Bertz CT molecular complexity index is 641. The molecular weight excluding hydrogens is 208 g/mol. The normalized spacial score (nSPS) is 29.6. The summed E-state index contributed by atoms with van der Waals surface area (Å²) in [6.45, 7) is 0. The van der Waals surface area contributed by atoms with Gasteiger partial charge in [0.2, 0.25) is 0 Å². The van der Waals surface area contributed by atoms with Gasteiger partial charge in [0.15, 0.2) is 0 Å². The minimum atomic E-state index is -0.560. The van der Waals surface area contributed by atoms with E-state index in [1.54, 1.807) is 0 Å².